The average molecular weight is 404 g/mol. The van der Waals surface area contributed by atoms with Crippen LogP contribution in [0.15, 0.2) is 55.0 Å². The van der Waals surface area contributed by atoms with Crippen molar-refractivity contribution in [3.05, 3.63) is 66.2 Å². The van der Waals surface area contributed by atoms with Crippen LogP contribution in [-0.2, 0) is 11.3 Å². The molecule has 0 bridgehead atoms. The molecule has 1 amide bonds. The van der Waals surface area contributed by atoms with Crippen LogP contribution in [0, 0.1) is 0 Å². The van der Waals surface area contributed by atoms with Gasteiger partial charge >= 0.3 is 5.97 Å². The Morgan fingerprint density at radius 2 is 1.90 bits per heavy atom. The van der Waals surface area contributed by atoms with Crippen LogP contribution in [0.3, 0.4) is 0 Å². The summed E-state index contributed by atoms with van der Waals surface area (Å²) in [5.41, 5.74) is 2.00. The lowest BCUT2D eigenvalue weighted by molar-refractivity contribution is 0.0523. The predicted molar refractivity (Wildman–Crippen MR) is 110 cm³/mol. The summed E-state index contributed by atoms with van der Waals surface area (Å²) in [5.74, 6) is -0.326. The van der Waals surface area contributed by atoms with E-state index in [9.17, 15) is 9.59 Å². The Kier molecular flexibility index (Phi) is 5.25. The van der Waals surface area contributed by atoms with E-state index in [2.05, 4.69) is 20.4 Å². The zero-order valence-corrected chi connectivity index (χ0v) is 16.6. The third-order valence-corrected chi connectivity index (χ3v) is 4.49. The maximum absolute atomic E-state index is 12.9. The second-order valence-corrected chi connectivity index (χ2v) is 6.41. The van der Waals surface area contributed by atoms with E-state index in [1.165, 1.54) is 10.9 Å². The van der Waals surface area contributed by atoms with Crippen molar-refractivity contribution in [3.63, 3.8) is 0 Å². The van der Waals surface area contributed by atoms with E-state index in [0.717, 1.165) is 11.3 Å². The maximum atomic E-state index is 12.9. The van der Waals surface area contributed by atoms with Crippen molar-refractivity contribution >= 4 is 23.5 Å². The number of amides is 1. The van der Waals surface area contributed by atoms with Crippen molar-refractivity contribution in [1.29, 1.82) is 0 Å². The molecule has 0 radical (unpaired) electrons. The summed E-state index contributed by atoms with van der Waals surface area (Å²) in [6.45, 7) is 4.17. The Hall–Kier alpha value is -4.01. The summed E-state index contributed by atoms with van der Waals surface area (Å²) >= 11 is 0. The number of ether oxygens (including phenoxy) is 1. The molecule has 3 heterocycles. The van der Waals surface area contributed by atoms with Gasteiger partial charge in [-0.25, -0.2) is 9.78 Å². The zero-order chi connectivity index (χ0) is 21.1. The molecule has 0 saturated heterocycles. The molecule has 9 nitrogen and oxygen atoms in total. The molecule has 0 aliphatic heterocycles. The molecule has 0 aliphatic carbocycles. The molecule has 30 heavy (non-hydrogen) atoms. The Morgan fingerprint density at radius 3 is 2.63 bits per heavy atom. The van der Waals surface area contributed by atoms with Crippen molar-refractivity contribution in [2.24, 2.45) is 0 Å². The summed E-state index contributed by atoms with van der Waals surface area (Å²) in [7, 11) is 0. The summed E-state index contributed by atoms with van der Waals surface area (Å²) in [6.07, 6.45) is 4.98. The fourth-order valence-electron chi connectivity index (χ4n) is 3.09. The summed E-state index contributed by atoms with van der Waals surface area (Å²) in [5, 5.41) is 6.83. The number of nitrogens with zero attached hydrogens (tertiary/aromatic N) is 5. The first-order valence-electron chi connectivity index (χ1n) is 9.56. The second-order valence-electron chi connectivity index (χ2n) is 6.41. The average Bonchev–Trinajstić information content (AvgIpc) is 3.38. The maximum Gasteiger partial charge on any atom is 0.342 e. The summed E-state index contributed by atoms with van der Waals surface area (Å²) in [4.78, 5) is 34.0. The highest BCUT2D eigenvalue weighted by Crippen LogP contribution is 2.19. The number of rotatable bonds is 6. The number of imidazole rings is 1. The van der Waals surface area contributed by atoms with Gasteiger partial charge in [-0.05, 0) is 19.9 Å². The highest BCUT2D eigenvalue weighted by molar-refractivity contribution is 6.09. The minimum Gasteiger partial charge on any atom is -0.462 e. The molecule has 0 aliphatic rings. The highest BCUT2D eigenvalue weighted by Gasteiger charge is 2.24. The van der Waals surface area contributed by atoms with E-state index >= 15 is 0 Å². The molecule has 152 valence electrons. The first-order chi connectivity index (χ1) is 14.6. The van der Waals surface area contributed by atoms with Crippen LogP contribution in [0.5, 0.6) is 0 Å². The molecule has 0 spiro atoms. The predicted octanol–water partition coefficient (Wildman–Crippen LogP) is 3.04. The van der Waals surface area contributed by atoms with Crippen LogP contribution in [0.2, 0.25) is 0 Å². The van der Waals surface area contributed by atoms with Crippen LogP contribution in [0.4, 0.5) is 5.82 Å². The number of hydrogen-bond acceptors (Lipinski definition) is 6. The van der Waals surface area contributed by atoms with E-state index < -0.39 is 11.9 Å². The Bertz CT molecular complexity index is 1210. The molecule has 4 aromatic rings. The topological polar surface area (TPSA) is 103 Å². The van der Waals surface area contributed by atoms with Crippen LogP contribution >= 0.6 is 0 Å². The highest BCUT2D eigenvalue weighted by atomic mass is 16.5. The van der Waals surface area contributed by atoms with Crippen molar-refractivity contribution in [1.82, 2.24) is 24.1 Å². The molecule has 3 aromatic heterocycles. The van der Waals surface area contributed by atoms with Gasteiger partial charge < -0.3 is 10.1 Å². The fraction of sp³-hybridized carbons (Fsp3) is 0.190. The quantitative estimate of drug-likeness (QED) is 0.496. The Labute approximate surface area is 172 Å². The van der Waals surface area contributed by atoms with Crippen molar-refractivity contribution in [2.45, 2.75) is 20.4 Å². The lowest BCUT2D eigenvalue weighted by Crippen LogP contribution is -2.21. The molecule has 1 aromatic carbocycles. The van der Waals surface area contributed by atoms with Gasteiger partial charge in [0.15, 0.2) is 0 Å². The number of nitrogens with one attached hydrogen (secondary N) is 1. The third-order valence-electron chi connectivity index (χ3n) is 4.49. The van der Waals surface area contributed by atoms with Crippen LogP contribution in [-0.4, -0.2) is 42.6 Å². The Morgan fingerprint density at radius 1 is 1.10 bits per heavy atom. The van der Waals surface area contributed by atoms with E-state index in [1.807, 2.05) is 43.5 Å². The minimum atomic E-state index is -0.591. The number of aromatic nitrogens is 5. The van der Waals surface area contributed by atoms with E-state index in [4.69, 9.17) is 4.74 Å². The van der Waals surface area contributed by atoms with E-state index in [1.54, 1.807) is 23.6 Å². The normalized spacial score (nSPS) is 10.9. The van der Waals surface area contributed by atoms with E-state index in [-0.39, 0.29) is 17.9 Å². The van der Waals surface area contributed by atoms with Crippen LogP contribution in [0.25, 0.3) is 17.0 Å². The van der Waals surface area contributed by atoms with Gasteiger partial charge in [0.25, 0.3) is 5.91 Å². The number of hydrogen-bond donors (Lipinski definition) is 1. The van der Waals surface area contributed by atoms with E-state index in [0.29, 0.717) is 18.1 Å². The number of carbonyl (C=O) groups excluding carboxylic acids is 2. The number of fused-ring (bicyclic) bond motifs is 1. The van der Waals surface area contributed by atoms with Crippen molar-refractivity contribution in [2.75, 3.05) is 11.9 Å². The Balaban J connectivity index is 1.62. The number of carbonyl (C=O) groups is 2. The first-order valence-corrected chi connectivity index (χ1v) is 9.56. The first kappa shape index (κ1) is 19.3. The smallest absolute Gasteiger partial charge is 0.342 e. The third kappa shape index (κ3) is 3.64. The van der Waals surface area contributed by atoms with Gasteiger partial charge in [0.2, 0.25) is 5.78 Å². The van der Waals surface area contributed by atoms with Gasteiger partial charge in [-0.2, -0.15) is 10.1 Å². The van der Waals surface area contributed by atoms with Gasteiger partial charge in [-0.3, -0.25) is 13.9 Å². The van der Waals surface area contributed by atoms with Gasteiger partial charge in [0, 0.05) is 24.5 Å². The second kappa shape index (κ2) is 8.16. The molecule has 1 N–H and O–H groups in total. The van der Waals surface area contributed by atoms with Gasteiger partial charge in [0.1, 0.15) is 17.1 Å². The molecule has 9 heteroatoms. The monoisotopic (exact) mass is 404 g/mol. The summed E-state index contributed by atoms with van der Waals surface area (Å²) < 4.78 is 8.25. The number of anilines is 1. The van der Waals surface area contributed by atoms with Gasteiger partial charge in [0.05, 0.1) is 18.5 Å². The summed E-state index contributed by atoms with van der Waals surface area (Å²) in [6, 6.07) is 11.4. The standard InChI is InChI=1S/C21H20N6O3/c1-3-27-18(15(12-22-27)20(29)30-4-2)19(28)24-17-10-11-26-13-16(23-21(26)25-17)14-8-6-5-7-9-14/h5-13H,3-4H2,1-2H3,(H,23,24,25,28). The largest absolute Gasteiger partial charge is 0.462 e. The van der Waals surface area contributed by atoms with Crippen molar-refractivity contribution in [3.8, 4) is 11.3 Å². The lowest BCUT2D eigenvalue weighted by atomic mass is 10.2. The van der Waals surface area contributed by atoms with Gasteiger partial charge in [-0.1, -0.05) is 30.3 Å². The van der Waals surface area contributed by atoms with Crippen molar-refractivity contribution < 1.29 is 14.3 Å². The van der Waals surface area contributed by atoms with Crippen LogP contribution < -0.4 is 5.32 Å². The zero-order valence-electron chi connectivity index (χ0n) is 16.6. The molecule has 0 unspecified atom stereocenters. The SMILES string of the molecule is CCOC(=O)c1cnn(CC)c1C(=O)Nc1ccn2cc(-c3ccccc3)nc2n1. The molecule has 0 fully saturated rings. The molecule has 0 saturated carbocycles. The number of aryl methyl sites for hydroxylation is 1. The lowest BCUT2D eigenvalue weighted by Gasteiger charge is -2.08. The van der Waals surface area contributed by atoms with Crippen LogP contribution in [0.1, 0.15) is 34.7 Å². The molecule has 0 atom stereocenters. The minimum absolute atomic E-state index is 0.115. The molecular formula is C21H20N6O3. The fourth-order valence-corrected chi connectivity index (χ4v) is 3.09. The molecule has 4 rings (SSSR count). The number of esters is 1. The molecular weight excluding hydrogens is 384 g/mol. The van der Waals surface area contributed by atoms with Gasteiger partial charge in [-0.15, -0.1) is 0 Å². The number of benzene rings is 1.